The highest BCUT2D eigenvalue weighted by Gasteiger charge is 2.41. The Bertz CT molecular complexity index is 1170. The molecular weight excluding hydrogens is 406 g/mol. The van der Waals surface area contributed by atoms with E-state index in [2.05, 4.69) is 0 Å². The van der Waals surface area contributed by atoms with Crippen LogP contribution in [0.25, 0.3) is 5.57 Å². The van der Waals surface area contributed by atoms with Crippen LogP contribution in [0.15, 0.2) is 82.6 Å². The highest BCUT2D eigenvalue weighted by molar-refractivity contribution is 8.04. The molecule has 1 aliphatic heterocycles. The van der Waals surface area contributed by atoms with Gasteiger partial charge in [0.05, 0.1) is 22.8 Å². The van der Waals surface area contributed by atoms with Gasteiger partial charge in [-0.1, -0.05) is 54.2 Å². The van der Waals surface area contributed by atoms with Crippen molar-refractivity contribution in [3.63, 3.8) is 0 Å². The van der Waals surface area contributed by atoms with Gasteiger partial charge in [0.25, 0.3) is 11.8 Å². The SMILES string of the molecule is CCOc1ccc(C2=C(Sc3ccccc3)C(=O)N(c3cc(C)ccc3C)C2=O)cc1. The molecule has 0 saturated carbocycles. The average Bonchev–Trinajstić information content (AvgIpc) is 3.01. The van der Waals surface area contributed by atoms with Crippen LogP contribution in [0.5, 0.6) is 5.75 Å². The van der Waals surface area contributed by atoms with Gasteiger partial charge in [0, 0.05) is 4.90 Å². The van der Waals surface area contributed by atoms with Crippen molar-refractivity contribution in [1.29, 1.82) is 0 Å². The Balaban J connectivity index is 1.82. The van der Waals surface area contributed by atoms with E-state index in [-0.39, 0.29) is 11.8 Å². The summed E-state index contributed by atoms with van der Waals surface area (Å²) in [6.07, 6.45) is 0. The summed E-state index contributed by atoms with van der Waals surface area (Å²) >= 11 is 1.33. The van der Waals surface area contributed by atoms with Gasteiger partial charge in [-0.05, 0) is 67.8 Å². The second-order valence-electron chi connectivity index (χ2n) is 7.31. The third-order valence-corrected chi connectivity index (χ3v) is 6.15. The van der Waals surface area contributed by atoms with Crippen molar-refractivity contribution in [2.24, 2.45) is 0 Å². The normalized spacial score (nSPS) is 13.8. The Hall–Kier alpha value is -3.31. The first-order valence-electron chi connectivity index (χ1n) is 10.2. The molecule has 31 heavy (non-hydrogen) atoms. The van der Waals surface area contributed by atoms with E-state index in [9.17, 15) is 9.59 Å². The molecule has 1 heterocycles. The number of aryl methyl sites for hydroxylation is 2. The van der Waals surface area contributed by atoms with Crippen molar-refractivity contribution in [3.05, 3.63) is 94.4 Å². The van der Waals surface area contributed by atoms with Crippen LogP contribution in [0.3, 0.4) is 0 Å². The molecule has 156 valence electrons. The highest BCUT2D eigenvalue weighted by atomic mass is 32.2. The summed E-state index contributed by atoms with van der Waals surface area (Å²) < 4.78 is 5.53. The lowest BCUT2D eigenvalue weighted by Crippen LogP contribution is -2.32. The molecule has 4 rings (SSSR count). The Labute approximate surface area is 186 Å². The molecule has 3 aromatic carbocycles. The van der Waals surface area contributed by atoms with Crippen molar-refractivity contribution < 1.29 is 14.3 Å². The predicted molar refractivity (Wildman–Crippen MR) is 125 cm³/mol. The lowest BCUT2D eigenvalue weighted by Gasteiger charge is -2.18. The minimum absolute atomic E-state index is 0.295. The van der Waals surface area contributed by atoms with E-state index < -0.39 is 0 Å². The molecule has 5 heteroatoms. The van der Waals surface area contributed by atoms with Gasteiger partial charge in [0.2, 0.25) is 0 Å². The smallest absolute Gasteiger partial charge is 0.272 e. The third kappa shape index (κ3) is 4.14. The fraction of sp³-hybridized carbons (Fsp3) is 0.154. The molecular formula is C26H23NO3S. The molecule has 0 radical (unpaired) electrons. The maximum atomic E-state index is 13.6. The summed E-state index contributed by atoms with van der Waals surface area (Å²) in [6.45, 7) is 6.35. The summed E-state index contributed by atoms with van der Waals surface area (Å²) in [5, 5.41) is 0. The van der Waals surface area contributed by atoms with E-state index in [0.29, 0.717) is 28.3 Å². The Kier molecular flexibility index (Phi) is 5.96. The number of imide groups is 1. The summed E-state index contributed by atoms with van der Waals surface area (Å²) in [7, 11) is 0. The maximum Gasteiger partial charge on any atom is 0.272 e. The van der Waals surface area contributed by atoms with Gasteiger partial charge in [0.1, 0.15) is 5.75 Å². The summed E-state index contributed by atoms with van der Waals surface area (Å²) in [5.74, 6) is 0.130. The average molecular weight is 430 g/mol. The van der Waals surface area contributed by atoms with Crippen LogP contribution in [-0.2, 0) is 9.59 Å². The molecule has 0 spiro atoms. The second kappa shape index (κ2) is 8.82. The quantitative estimate of drug-likeness (QED) is 0.466. The Morgan fingerprint density at radius 3 is 2.26 bits per heavy atom. The lowest BCUT2D eigenvalue weighted by molar-refractivity contribution is -0.119. The van der Waals surface area contributed by atoms with Crippen LogP contribution in [0.1, 0.15) is 23.6 Å². The molecule has 0 fully saturated rings. The molecule has 0 unspecified atom stereocenters. The number of carbonyl (C=O) groups excluding carboxylic acids is 2. The minimum atomic E-state index is -0.304. The number of hydrogen-bond acceptors (Lipinski definition) is 4. The van der Waals surface area contributed by atoms with Crippen LogP contribution >= 0.6 is 11.8 Å². The Morgan fingerprint density at radius 2 is 1.58 bits per heavy atom. The number of ether oxygens (including phenoxy) is 1. The molecule has 0 aliphatic carbocycles. The van der Waals surface area contributed by atoms with Gasteiger partial charge in [-0.15, -0.1) is 0 Å². The van der Waals surface area contributed by atoms with Crippen LogP contribution in [0.4, 0.5) is 5.69 Å². The zero-order valence-electron chi connectivity index (χ0n) is 17.7. The molecule has 1 aliphatic rings. The first-order valence-corrected chi connectivity index (χ1v) is 11.0. The van der Waals surface area contributed by atoms with Gasteiger partial charge in [0.15, 0.2) is 0 Å². The predicted octanol–water partition coefficient (Wildman–Crippen LogP) is 5.78. The molecule has 0 saturated heterocycles. The third-order valence-electron chi connectivity index (χ3n) is 5.06. The molecule has 2 amide bonds. The van der Waals surface area contributed by atoms with Crippen molar-refractivity contribution in [2.75, 3.05) is 11.5 Å². The van der Waals surface area contributed by atoms with E-state index >= 15 is 0 Å². The maximum absolute atomic E-state index is 13.6. The fourth-order valence-corrected chi connectivity index (χ4v) is 4.54. The topological polar surface area (TPSA) is 46.6 Å². The zero-order chi connectivity index (χ0) is 22.0. The van der Waals surface area contributed by atoms with Crippen LogP contribution in [0.2, 0.25) is 0 Å². The number of carbonyl (C=O) groups is 2. The fourth-order valence-electron chi connectivity index (χ4n) is 3.53. The largest absolute Gasteiger partial charge is 0.494 e. The van der Waals surface area contributed by atoms with Crippen molar-refractivity contribution in [1.82, 2.24) is 0 Å². The zero-order valence-corrected chi connectivity index (χ0v) is 18.5. The van der Waals surface area contributed by atoms with Gasteiger partial charge >= 0.3 is 0 Å². The van der Waals surface area contributed by atoms with E-state index in [1.807, 2.05) is 93.6 Å². The molecule has 0 aromatic heterocycles. The van der Waals surface area contributed by atoms with Crippen molar-refractivity contribution in [2.45, 2.75) is 25.7 Å². The summed E-state index contributed by atoms with van der Waals surface area (Å²) in [5.41, 5.74) is 3.62. The monoisotopic (exact) mass is 429 g/mol. The van der Waals surface area contributed by atoms with Crippen LogP contribution in [0, 0.1) is 13.8 Å². The van der Waals surface area contributed by atoms with Gasteiger partial charge in [-0.3, -0.25) is 9.59 Å². The second-order valence-corrected chi connectivity index (χ2v) is 8.40. The highest BCUT2D eigenvalue weighted by Crippen LogP contribution is 2.42. The number of thioether (sulfide) groups is 1. The van der Waals surface area contributed by atoms with Gasteiger partial charge in [-0.2, -0.15) is 0 Å². The number of hydrogen-bond donors (Lipinski definition) is 0. The first-order chi connectivity index (χ1) is 15.0. The number of rotatable bonds is 6. The lowest BCUT2D eigenvalue weighted by atomic mass is 10.1. The molecule has 0 N–H and O–H groups in total. The van der Waals surface area contributed by atoms with E-state index in [4.69, 9.17) is 4.74 Å². The first kappa shape index (κ1) is 20.9. The van der Waals surface area contributed by atoms with Gasteiger partial charge < -0.3 is 4.74 Å². The number of benzene rings is 3. The van der Waals surface area contributed by atoms with E-state index in [0.717, 1.165) is 21.8 Å². The number of amides is 2. The molecule has 4 nitrogen and oxygen atoms in total. The summed E-state index contributed by atoms with van der Waals surface area (Å²) in [6, 6.07) is 22.8. The molecule has 3 aromatic rings. The van der Waals surface area contributed by atoms with Crippen LogP contribution in [-0.4, -0.2) is 18.4 Å². The van der Waals surface area contributed by atoms with E-state index in [1.165, 1.54) is 16.7 Å². The van der Waals surface area contributed by atoms with E-state index in [1.54, 1.807) is 0 Å². The number of nitrogens with zero attached hydrogens (tertiary/aromatic N) is 1. The standard InChI is InChI=1S/C26H23NO3S/c1-4-30-20-14-12-19(13-15-20)23-24(31-21-8-6-5-7-9-21)26(29)27(25(23)28)22-16-17(2)10-11-18(22)3/h5-16H,4H2,1-3H3. The van der Waals surface area contributed by atoms with Crippen LogP contribution < -0.4 is 9.64 Å². The number of anilines is 1. The van der Waals surface area contributed by atoms with Gasteiger partial charge in [-0.25, -0.2) is 4.90 Å². The summed E-state index contributed by atoms with van der Waals surface area (Å²) in [4.78, 5) is 29.8. The molecule has 0 bridgehead atoms. The van der Waals surface area contributed by atoms with Crippen molar-refractivity contribution >= 4 is 34.8 Å². The minimum Gasteiger partial charge on any atom is -0.494 e. The van der Waals surface area contributed by atoms with Crippen molar-refractivity contribution in [3.8, 4) is 5.75 Å². The Morgan fingerprint density at radius 1 is 0.871 bits per heavy atom. The molecule has 0 atom stereocenters.